The molecule has 4 rings (SSSR count). The van der Waals surface area contributed by atoms with Gasteiger partial charge in [-0.2, -0.15) is 0 Å². The lowest BCUT2D eigenvalue weighted by atomic mass is 9.94. The van der Waals surface area contributed by atoms with Gasteiger partial charge in [-0.15, -0.1) is 0 Å². The van der Waals surface area contributed by atoms with Crippen LogP contribution in [0, 0.1) is 13.8 Å². The molecular weight excluding hydrogens is 648 g/mol. The molecule has 4 aromatic rings. The SMILES string of the molecule is CCc1cc(Cc2cc(Br)c(N)c(CC)c2)cc(Br)c1N.CCc1cc(Cc2cc(C)c(N)c(CC)c2)cc(C)c1N. The molecule has 0 bridgehead atoms. The molecule has 4 nitrogen and oxygen atoms in total. The fourth-order valence-electron chi connectivity index (χ4n) is 5.43. The highest BCUT2D eigenvalue weighted by molar-refractivity contribution is 9.11. The molecular formula is C36H46Br2N4. The van der Waals surface area contributed by atoms with E-state index in [2.05, 4.69) is 122 Å². The largest absolute Gasteiger partial charge is 0.398 e. The highest BCUT2D eigenvalue weighted by Gasteiger charge is 2.10. The summed E-state index contributed by atoms with van der Waals surface area (Å²) in [5.41, 5.74) is 40.3. The van der Waals surface area contributed by atoms with E-state index in [0.29, 0.717) is 0 Å². The van der Waals surface area contributed by atoms with Gasteiger partial charge in [0.25, 0.3) is 0 Å². The lowest BCUT2D eigenvalue weighted by Gasteiger charge is -2.13. The van der Waals surface area contributed by atoms with Crippen LogP contribution in [0.15, 0.2) is 57.5 Å². The van der Waals surface area contributed by atoms with E-state index in [1.54, 1.807) is 0 Å². The van der Waals surface area contributed by atoms with Crippen molar-refractivity contribution in [3.63, 3.8) is 0 Å². The molecule has 8 N–H and O–H groups in total. The molecule has 0 amide bonds. The van der Waals surface area contributed by atoms with Crippen LogP contribution in [0.25, 0.3) is 0 Å². The van der Waals surface area contributed by atoms with Crippen molar-refractivity contribution in [3.05, 3.63) is 113 Å². The zero-order valence-corrected chi connectivity index (χ0v) is 29.1. The van der Waals surface area contributed by atoms with Crippen molar-refractivity contribution in [3.8, 4) is 0 Å². The number of hydrogen-bond acceptors (Lipinski definition) is 4. The van der Waals surface area contributed by atoms with E-state index in [9.17, 15) is 0 Å². The van der Waals surface area contributed by atoms with Crippen LogP contribution in [-0.4, -0.2) is 0 Å². The molecule has 4 aromatic carbocycles. The van der Waals surface area contributed by atoms with Crippen molar-refractivity contribution in [1.82, 2.24) is 0 Å². The first-order valence-electron chi connectivity index (χ1n) is 14.8. The van der Waals surface area contributed by atoms with Crippen molar-refractivity contribution >= 4 is 54.6 Å². The van der Waals surface area contributed by atoms with Crippen LogP contribution in [0.2, 0.25) is 0 Å². The molecule has 6 heteroatoms. The zero-order chi connectivity index (χ0) is 31.1. The van der Waals surface area contributed by atoms with E-state index in [-0.39, 0.29) is 0 Å². The van der Waals surface area contributed by atoms with Gasteiger partial charge in [0, 0.05) is 31.7 Å². The number of benzene rings is 4. The lowest BCUT2D eigenvalue weighted by molar-refractivity contribution is 1.08. The second-order valence-electron chi connectivity index (χ2n) is 11.0. The number of nitrogen functional groups attached to an aromatic ring is 4. The predicted octanol–water partition coefficient (Wildman–Crippen LogP) is 9.28. The van der Waals surface area contributed by atoms with Crippen LogP contribution < -0.4 is 22.9 Å². The van der Waals surface area contributed by atoms with Crippen LogP contribution >= 0.6 is 31.9 Å². The molecule has 224 valence electrons. The van der Waals surface area contributed by atoms with Crippen LogP contribution in [0.3, 0.4) is 0 Å². The number of rotatable bonds is 8. The van der Waals surface area contributed by atoms with Gasteiger partial charge in [-0.3, -0.25) is 0 Å². The van der Waals surface area contributed by atoms with Crippen molar-refractivity contribution in [2.45, 2.75) is 80.1 Å². The summed E-state index contributed by atoms with van der Waals surface area (Å²) in [6.07, 6.45) is 5.62. The van der Waals surface area contributed by atoms with E-state index in [4.69, 9.17) is 22.9 Å². The van der Waals surface area contributed by atoms with Crippen molar-refractivity contribution in [1.29, 1.82) is 0 Å². The van der Waals surface area contributed by atoms with Crippen molar-refractivity contribution < 1.29 is 0 Å². The molecule has 0 radical (unpaired) electrons. The Morgan fingerprint density at radius 1 is 0.429 bits per heavy atom. The van der Waals surface area contributed by atoms with Gasteiger partial charge in [0.05, 0.1) is 0 Å². The number of hydrogen-bond donors (Lipinski definition) is 4. The number of aryl methyl sites for hydroxylation is 6. The van der Waals surface area contributed by atoms with E-state index in [0.717, 1.165) is 70.2 Å². The first-order valence-corrected chi connectivity index (χ1v) is 16.4. The van der Waals surface area contributed by atoms with Crippen molar-refractivity contribution in [2.75, 3.05) is 22.9 Å². The summed E-state index contributed by atoms with van der Waals surface area (Å²) in [6, 6.07) is 17.5. The van der Waals surface area contributed by atoms with Gasteiger partial charge in [0.1, 0.15) is 0 Å². The lowest BCUT2D eigenvalue weighted by Crippen LogP contribution is -2.02. The quantitative estimate of drug-likeness (QED) is 0.138. The van der Waals surface area contributed by atoms with E-state index < -0.39 is 0 Å². The van der Waals surface area contributed by atoms with E-state index in [1.807, 2.05) is 0 Å². The average molecular weight is 695 g/mol. The fraction of sp³-hybridized carbons (Fsp3) is 0.333. The van der Waals surface area contributed by atoms with Gasteiger partial charge in [0.15, 0.2) is 0 Å². The van der Waals surface area contributed by atoms with Crippen molar-refractivity contribution in [2.24, 2.45) is 0 Å². The van der Waals surface area contributed by atoms with Crippen LogP contribution in [0.1, 0.15) is 83.3 Å². The summed E-state index contributed by atoms with van der Waals surface area (Å²) in [5, 5.41) is 0. The smallest absolute Gasteiger partial charge is 0.0491 e. The maximum Gasteiger partial charge on any atom is 0.0491 e. The summed E-state index contributed by atoms with van der Waals surface area (Å²) in [4.78, 5) is 0. The maximum absolute atomic E-state index is 6.13. The Labute approximate surface area is 269 Å². The molecule has 0 aliphatic rings. The molecule has 0 saturated carbocycles. The number of anilines is 4. The molecule has 0 aromatic heterocycles. The Kier molecular flexibility index (Phi) is 12.0. The molecule has 0 aliphatic heterocycles. The fourth-order valence-corrected chi connectivity index (χ4v) is 6.53. The molecule has 0 saturated heterocycles. The highest BCUT2D eigenvalue weighted by Crippen LogP contribution is 2.30. The Hall–Kier alpha value is -2.96. The Morgan fingerprint density at radius 2 is 0.690 bits per heavy atom. The molecule has 0 atom stereocenters. The Balaban J connectivity index is 0.000000230. The number of nitrogens with two attached hydrogens (primary N) is 4. The Morgan fingerprint density at radius 3 is 0.976 bits per heavy atom. The maximum atomic E-state index is 6.13. The van der Waals surface area contributed by atoms with Gasteiger partial charge in [-0.25, -0.2) is 0 Å². The first kappa shape index (κ1) is 33.5. The zero-order valence-electron chi connectivity index (χ0n) is 25.9. The van der Waals surface area contributed by atoms with Gasteiger partial charge in [-0.1, -0.05) is 64.1 Å². The second kappa shape index (κ2) is 15.0. The Bertz CT molecular complexity index is 1330. The normalized spacial score (nSPS) is 10.9. The predicted molar refractivity (Wildman–Crippen MR) is 191 cm³/mol. The molecule has 0 spiro atoms. The number of halogens is 2. The van der Waals surface area contributed by atoms with Gasteiger partial charge < -0.3 is 22.9 Å². The van der Waals surface area contributed by atoms with Crippen LogP contribution in [0.5, 0.6) is 0 Å². The molecule has 0 fully saturated rings. The molecule has 42 heavy (non-hydrogen) atoms. The van der Waals surface area contributed by atoms with Crippen LogP contribution in [0.4, 0.5) is 22.7 Å². The minimum atomic E-state index is 0.842. The summed E-state index contributed by atoms with van der Waals surface area (Å²) < 4.78 is 1.95. The monoisotopic (exact) mass is 692 g/mol. The van der Waals surface area contributed by atoms with Crippen LogP contribution in [-0.2, 0) is 38.5 Å². The average Bonchev–Trinajstić information content (AvgIpc) is 2.96. The summed E-state index contributed by atoms with van der Waals surface area (Å²) >= 11 is 7.10. The van der Waals surface area contributed by atoms with Gasteiger partial charge in [0.2, 0.25) is 0 Å². The molecule has 0 unspecified atom stereocenters. The van der Waals surface area contributed by atoms with E-state index in [1.165, 1.54) is 55.6 Å². The van der Waals surface area contributed by atoms with Gasteiger partial charge in [-0.05, 0) is 152 Å². The minimum absolute atomic E-state index is 0.842. The topological polar surface area (TPSA) is 104 Å². The molecule has 0 heterocycles. The third-order valence-corrected chi connectivity index (χ3v) is 9.27. The molecule has 0 aliphatic carbocycles. The highest BCUT2D eigenvalue weighted by atomic mass is 79.9. The third kappa shape index (κ3) is 8.11. The van der Waals surface area contributed by atoms with Gasteiger partial charge >= 0.3 is 0 Å². The summed E-state index contributed by atoms with van der Waals surface area (Å²) in [6.45, 7) is 12.7. The summed E-state index contributed by atoms with van der Waals surface area (Å²) in [7, 11) is 0. The summed E-state index contributed by atoms with van der Waals surface area (Å²) in [5.74, 6) is 0. The third-order valence-electron chi connectivity index (χ3n) is 7.95. The van der Waals surface area contributed by atoms with E-state index >= 15 is 0 Å². The minimum Gasteiger partial charge on any atom is -0.398 e. The standard InChI is InChI=1S/C19H26N2.C17H20Br2N2/c1-5-16-10-14(7-12(3)18(16)20)9-15-8-13(4)19(21)17(6-2)11-15;1-3-12-6-10(8-14(18)16(12)20)5-11-7-13(4-2)17(21)15(19)9-11/h7-8,10-11H,5-6,9,20-21H2,1-4H3;6-9H,3-5,20-21H2,1-2H3. The second-order valence-corrected chi connectivity index (χ2v) is 12.7. The first-order chi connectivity index (χ1) is 19.9.